The minimum absolute atomic E-state index is 0.559. The molecular weight excluding hydrogens is 1120 g/mol. The second-order valence-electron chi connectivity index (χ2n) is 19.3. The minimum atomic E-state index is -2.59. The highest BCUT2D eigenvalue weighted by Gasteiger charge is 2.52. The van der Waals surface area contributed by atoms with Crippen LogP contribution in [-0.4, -0.2) is 287 Å². The van der Waals surface area contributed by atoms with Gasteiger partial charge in [-0.15, -0.1) is 0 Å². The Morgan fingerprint density at radius 3 is 1.51 bits per heavy atom. The normalized spacial score (nSPS) is 36.3. The standard InChI is InChI=1S/C46H77N5O31/c1-14-30(60)37(67)38(68)46(74-14)82-73-13-24-40(35(65)28(41(69)75-24)50-17(4)57)81-43(71)27(49-16(3)56)32(62)21(8-10-53)77-45-29(51-18(5)58)36(66)39(22(11-54)78-45)80-42(70)26(48-15(2)55)31(61)20(7-9-52)76-44-25(47)34(64)33(63)23(79-44)12-72-19(6)59/h14,20-25,28-30,33-46,52-54,60-71H,7-13,47H2,1-6H3,(H,48,55)(H,49,56)(H,50,57)(H,51,58)/b31-26-,32-27-. The molecule has 4 heterocycles. The van der Waals surface area contributed by atoms with Gasteiger partial charge in [-0.05, 0) is 6.92 Å². The molecule has 36 heteroatoms. The zero-order chi connectivity index (χ0) is 61.6. The molecule has 4 aliphatic heterocycles. The van der Waals surface area contributed by atoms with E-state index in [1.165, 1.54) is 6.92 Å². The van der Waals surface area contributed by atoms with E-state index in [2.05, 4.69) is 21.3 Å². The number of aliphatic hydroxyl groups is 15. The van der Waals surface area contributed by atoms with Gasteiger partial charge in [0.15, 0.2) is 31.5 Å². The van der Waals surface area contributed by atoms with Crippen LogP contribution < -0.4 is 27.0 Å². The van der Waals surface area contributed by atoms with Crippen molar-refractivity contribution in [1.29, 1.82) is 0 Å². The van der Waals surface area contributed by atoms with Crippen LogP contribution in [0.15, 0.2) is 22.9 Å². The van der Waals surface area contributed by atoms with Crippen molar-refractivity contribution in [2.24, 2.45) is 5.73 Å². The van der Waals surface area contributed by atoms with E-state index in [0.717, 1.165) is 34.6 Å². The number of carbonyl (C=O) groups is 5. The zero-order valence-electron chi connectivity index (χ0n) is 45.1. The van der Waals surface area contributed by atoms with Crippen molar-refractivity contribution in [2.45, 2.75) is 202 Å². The number of nitrogens with two attached hydrogens (primary N) is 1. The smallest absolute Gasteiger partial charge is 0.302 e. The number of rotatable bonds is 27. The van der Waals surface area contributed by atoms with Crippen molar-refractivity contribution in [1.82, 2.24) is 21.3 Å². The lowest BCUT2D eigenvalue weighted by molar-refractivity contribution is -0.433. The molecule has 4 saturated heterocycles. The Hall–Kier alpha value is -4.53. The fourth-order valence-corrected chi connectivity index (χ4v) is 8.81. The van der Waals surface area contributed by atoms with Crippen LogP contribution in [0.2, 0.25) is 0 Å². The van der Waals surface area contributed by atoms with E-state index in [4.69, 9.17) is 58.1 Å². The summed E-state index contributed by atoms with van der Waals surface area (Å²) in [5, 5.41) is 172. The predicted molar refractivity (Wildman–Crippen MR) is 260 cm³/mol. The summed E-state index contributed by atoms with van der Waals surface area (Å²) in [7, 11) is 0. The number of hydrogen-bond acceptors (Lipinski definition) is 32. The molecule has 0 radical (unpaired) electrons. The first-order valence-electron chi connectivity index (χ1n) is 25.5. The second-order valence-corrected chi connectivity index (χ2v) is 19.3. The third-order valence-corrected chi connectivity index (χ3v) is 12.9. The molecule has 24 atom stereocenters. The lowest BCUT2D eigenvalue weighted by Gasteiger charge is -2.45. The van der Waals surface area contributed by atoms with Crippen molar-refractivity contribution in [2.75, 3.05) is 33.0 Å². The van der Waals surface area contributed by atoms with E-state index in [9.17, 15) is 101 Å². The average molecular weight is 1200 g/mol. The zero-order valence-corrected chi connectivity index (χ0v) is 45.1. The third-order valence-electron chi connectivity index (χ3n) is 12.9. The van der Waals surface area contributed by atoms with Gasteiger partial charge in [-0.2, -0.15) is 0 Å². The minimum Gasteiger partial charge on any atom is -0.507 e. The summed E-state index contributed by atoms with van der Waals surface area (Å²) in [5.74, 6) is -6.76. The van der Waals surface area contributed by atoms with Crippen molar-refractivity contribution in [3.05, 3.63) is 22.9 Å². The number of carbonyl (C=O) groups excluding carboxylic acids is 5. The number of amides is 4. The number of esters is 1. The fourth-order valence-electron chi connectivity index (χ4n) is 8.81. The summed E-state index contributed by atoms with van der Waals surface area (Å²) < 4.78 is 50.2. The molecule has 0 aromatic carbocycles. The molecule has 4 amide bonds. The van der Waals surface area contributed by atoms with Gasteiger partial charge < -0.3 is 146 Å². The van der Waals surface area contributed by atoms with Crippen LogP contribution in [0.1, 0.15) is 54.4 Å². The Kier molecular flexibility index (Phi) is 27.4. The molecule has 0 aliphatic carbocycles. The van der Waals surface area contributed by atoms with E-state index in [0.29, 0.717) is 0 Å². The van der Waals surface area contributed by atoms with E-state index in [-0.39, 0.29) is 0 Å². The third kappa shape index (κ3) is 18.5. The van der Waals surface area contributed by atoms with Gasteiger partial charge in [-0.25, -0.2) is 9.78 Å². The van der Waals surface area contributed by atoms with Crippen LogP contribution in [0.4, 0.5) is 0 Å². The number of aliphatic hydroxyl groups excluding tert-OH is 15. The first kappa shape index (κ1) is 70.0. The highest BCUT2D eigenvalue weighted by Crippen LogP contribution is 2.32. The summed E-state index contributed by atoms with van der Waals surface area (Å²) in [6.07, 6.45) is -40.7. The van der Waals surface area contributed by atoms with Gasteiger partial charge in [0.2, 0.25) is 29.9 Å². The molecule has 4 rings (SSSR count). The molecule has 0 aromatic rings. The molecule has 36 nitrogen and oxygen atoms in total. The highest BCUT2D eigenvalue weighted by atomic mass is 17.2. The molecule has 24 unspecified atom stereocenters. The topological polar surface area (TPSA) is 564 Å². The molecule has 0 aromatic heterocycles. The number of ether oxygens (including phenoxy) is 9. The molecule has 0 bridgehead atoms. The molecule has 4 aliphatic rings. The highest BCUT2D eigenvalue weighted by molar-refractivity contribution is 5.76. The van der Waals surface area contributed by atoms with E-state index in [1.54, 1.807) is 0 Å². The van der Waals surface area contributed by atoms with Gasteiger partial charge in [-0.1, -0.05) is 0 Å². The molecule has 4 fully saturated rings. The number of hydrogen-bond donors (Lipinski definition) is 20. The van der Waals surface area contributed by atoms with Crippen LogP contribution >= 0.6 is 0 Å². The SMILES string of the molecule is CC(=O)N/C(=C(\O)C(CCO)OC1OC(COC(C)=O)C(O)C(O)C1N)C(O)OC1C(CO)OC(OC(CCO)/C(O)=C(/NC(C)=O)C(O)OC2C(COOC3OC(C)C(O)C(O)C3O)OC(O)C(NC(C)=O)C2O)C(NC(C)=O)C1O. The van der Waals surface area contributed by atoms with Gasteiger partial charge in [-0.3, -0.25) is 24.0 Å². The molecule has 0 saturated carbocycles. The van der Waals surface area contributed by atoms with Crippen LogP contribution in [-0.2, 0) is 76.4 Å². The quantitative estimate of drug-likeness (QED) is 0.0119. The van der Waals surface area contributed by atoms with Gasteiger partial charge in [0.05, 0.1) is 18.8 Å². The summed E-state index contributed by atoms with van der Waals surface area (Å²) in [6, 6.07) is -5.14. The maximum atomic E-state index is 12.7. The van der Waals surface area contributed by atoms with Crippen molar-refractivity contribution in [3.8, 4) is 0 Å². The lowest BCUT2D eigenvalue weighted by Crippen LogP contribution is -2.66. The first-order chi connectivity index (χ1) is 38.5. The van der Waals surface area contributed by atoms with Gasteiger partial charge >= 0.3 is 5.97 Å². The van der Waals surface area contributed by atoms with E-state index in [1.807, 2.05) is 0 Å². The summed E-state index contributed by atoms with van der Waals surface area (Å²) in [4.78, 5) is 71.5. The van der Waals surface area contributed by atoms with Crippen LogP contribution in [0, 0.1) is 0 Å². The summed E-state index contributed by atoms with van der Waals surface area (Å²) in [5.41, 5.74) is 4.13. The van der Waals surface area contributed by atoms with Crippen LogP contribution in [0.5, 0.6) is 0 Å². The Labute approximate surface area is 466 Å². The summed E-state index contributed by atoms with van der Waals surface area (Å²) >= 11 is 0. The lowest BCUT2D eigenvalue weighted by atomic mass is 9.96. The predicted octanol–water partition coefficient (Wildman–Crippen LogP) is -9.98. The van der Waals surface area contributed by atoms with Gasteiger partial charge in [0.25, 0.3) is 0 Å². The second kappa shape index (κ2) is 32.1. The van der Waals surface area contributed by atoms with Crippen molar-refractivity contribution in [3.63, 3.8) is 0 Å². The number of nitrogens with one attached hydrogen (secondary N) is 4. The summed E-state index contributed by atoms with van der Waals surface area (Å²) in [6.45, 7) is 1.93. The molecule has 21 N–H and O–H groups in total. The Morgan fingerprint density at radius 1 is 0.537 bits per heavy atom. The first-order valence-corrected chi connectivity index (χ1v) is 25.5. The molecule has 0 spiro atoms. The maximum Gasteiger partial charge on any atom is 0.302 e. The van der Waals surface area contributed by atoms with Gasteiger partial charge in [0.1, 0.15) is 134 Å². The monoisotopic (exact) mass is 1200 g/mol. The average Bonchev–Trinajstić information content (AvgIpc) is 3.62. The largest absolute Gasteiger partial charge is 0.507 e. The van der Waals surface area contributed by atoms with Crippen LogP contribution in [0.3, 0.4) is 0 Å². The van der Waals surface area contributed by atoms with Crippen LogP contribution in [0.25, 0.3) is 0 Å². The van der Waals surface area contributed by atoms with Gasteiger partial charge in [0, 0.05) is 60.7 Å². The van der Waals surface area contributed by atoms with Crippen molar-refractivity contribution < 1.29 is 153 Å². The molecule has 472 valence electrons. The molecular formula is C46H77N5O31. The Bertz CT molecular complexity index is 2170. The maximum absolute atomic E-state index is 12.7. The van der Waals surface area contributed by atoms with E-state index >= 15 is 0 Å². The Morgan fingerprint density at radius 2 is 1.02 bits per heavy atom. The fraction of sp³-hybridized carbons (Fsp3) is 0.804. The van der Waals surface area contributed by atoms with E-state index < -0.39 is 246 Å². The molecule has 82 heavy (non-hydrogen) atoms. The van der Waals surface area contributed by atoms with Crippen molar-refractivity contribution >= 4 is 29.6 Å². The Balaban J connectivity index is 1.65.